The first-order valence-electron chi connectivity index (χ1n) is 6.01. The lowest BCUT2D eigenvalue weighted by molar-refractivity contribution is -0.273. The van der Waals surface area contributed by atoms with E-state index in [2.05, 4.69) is 0 Å². The third kappa shape index (κ3) is 3.56. The highest BCUT2D eigenvalue weighted by molar-refractivity contribution is 5.92. The maximum atomic E-state index is 11.9. The molecule has 116 valence electrons. The lowest BCUT2D eigenvalue weighted by Crippen LogP contribution is -2.55. The summed E-state index contributed by atoms with van der Waals surface area (Å²) in [7, 11) is 0. The highest BCUT2D eigenvalue weighted by Crippen LogP contribution is 2.25. The molecular weight excluding hydrogens is 284 g/mol. The number of benzene rings is 1. The molecule has 0 saturated heterocycles. The Kier molecular flexibility index (Phi) is 5.39. The van der Waals surface area contributed by atoms with Crippen LogP contribution in [0.25, 0.3) is 0 Å². The first kappa shape index (κ1) is 17.1. The van der Waals surface area contributed by atoms with Crippen molar-refractivity contribution in [3.63, 3.8) is 0 Å². The molecule has 8 heteroatoms. The molecule has 4 N–H and O–H groups in total. The Balaban J connectivity index is 2.99. The highest BCUT2D eigenvalue weighted by Gasteiger charge is 2.46. The normalized spacial score (nSPS) is 11.8. The van der Waals surface area contributed by atoms with Crippen molar-refractivity contribution in [3.8, 4) is 0 Å². The van der Waals surface area contributed by atoms with Gasteiger partial charge in [-0.25, -0.2) is 4.79 Å². The number of esters is 1. The second-order valence-corrected chi connectivity index (χ2v) is 4.31. The summed E-state index contributed by atoms with van der Waals surface area (Å²) in [6, 6.07) is 4.46. The number of aromatic carboxylic acids is 1. The number of hydrogen-bond acceptors (Lipinski definition) is 8. The van der Waals surface area contributed by atoms with E-state index in [1.165, 1.54) is 6.92 Å². The van der Waals surface area contributed by atoms with Crippen LogP contribution in [0.2, 0.25) is 0 Å². The Morgan fingerprint density at radius 3 is 1.86 bits per heavy atom. The molecule has 21 heavy (non-hydrogen) atoms. The molecule has 8 nitrogen and oxygen atoms in total. The number of carbonyl (C=O) groups excluding carboxylic acids is 2. The van der Waals surface area contributed by atoms with Crippen molar-refractivity contribution in [2.24, 2.45) is 0 Å². The van der Waals surface area contributed by atoms with Gasteiger partial charge in [-0.15, -0.1) is 0 Å². The minimum Gasteiger partial charge on any atom is -0.545 e. The summed E-state index contributed by atoms with van der Waals surface area (Å²) in [5.74, 6) is -2.49. The summed E-state index contributed by atoms with van der Waals surface area (Å²) in [5.41, 5.74) is -2.55. The predicted octanol–water partition coefficient (Wildman–Crippen LogP) is -2.02. The summed E-state index contributed by atoms with van der Waals surface area (Å²) < 4.78 is 4.79. The third-order valence-corrected chi connectivity index (χ3v) is 3.07. The summed E-state index contributed by atoms with van der Waals surface area (Å²) >= 11 is 0. The molecule has 1 aromatic carbocycles. The molecule has 0 amide bonds. The zero-order chi connectivity index (χ0) is 16.2. The molecule has 0 unspecified atom stereocenters. The standard InChI is InChI=1S/C13H16O8/c1-2-13(11(17)18,12(19)20)21-10(16)8-5-3-7(4-6-8)9(14)15/h3-6,11-12,17-20H,2H2,1H3,(H,14,15)/p-1. The molecule has 0 aromatic heterocycles. The average molecular weight is 299 g/mol. The first-order valence-corrected chi connectivity index (χ1v) is 6.01. The van der Waals surface area contributed by atoms with E-state index in [1.54, 1.807) is 0 Å². The molecule has 0 saturated carbocycles. The maximum absolute atomic E-state index is 11.9. The number of ether oxygens (including phenoxy) is 1. The summed E-state index contributed by atoms with van der Waals surface area (Å²) in [6.07, 6.45) is -4.89. The molecule has 1 rings (SSSR count). The molecule has 0 fully saturated rings. The van der Waals surface area contributed by atoms with Gasteiger partial charge in [0.25, 0.3) is 0 Å². The van der Waals surface area contributed by atoms with E-state index >= 15 is 0 Å². The molecular formula is C13H15O8-. The molecule has 0 aliphatic heterocycles. The number of carboxylic acids is 1. The van der Waals surface area contributed by atoms with Gasteiger partial charge in [0, 0.05) is 0 Å². The van der Waals surface area contributed by atoms with Crippen molar-refractivity contribution >= 4 is 11.9 Å². The monoisotopic (exact) mass is 299 g/mol. The van der Waals surface area contributed by atoms with E-state index in [1.807, 2.05) is 0 Å². The largest absolute Gasteiger partial charge is 0.545 e. The smallest absolute Gasteiger partial charge is 0.339 e. The average Bonchev–Trinajstić information content (AvgIpc) is 2.43. The van der Waals surface area contributed by atoms with Gasteiger partial charge in [0.15, 0.2) is 12.6 Å². The quantitative estimate of drug-likeness (QED) is 0.347. The van der Waals surface area contributed by atoms with Gasteiger partial charge in [-0.3, -0.25) is 0 Å². The van der Waals surface area contributed by atoms with E-state index in [-0.39, 0.29) is 17.5 Å². The Hall–Kier alpha value is -2.00. The van der Waals surface area contributed by atoms with Crippen LogP contribution in [-0.2, 0) is 4.74 Å². The van der Waals surface area contributed by atoms with E-state index in [4.69, 9.17) is 4.74 Å². The lowest BCUT2D eigenvalue weighted by atomic mass is 9.98. The number of rotatable bonds is 6. The van der Waals surface area contributed by atoms with Gasteiger partial charge in [-0.1, -0.05) is 19.1 Å². The Bertz CT molecular complexity index is 497. The van der Waals surface area contributed by atoms with Gasteiger partial charge in [-0.05, 0) is 24.1 Å². The molecule has 1 aromatic rings. The van der Waals surface area contributed by atoms with Crippen LogP contribution in [0.4, 0.5) is 0 Å². The maximum Gasteiger partial charge on any atom is 0.339 e. The summed E-state index contributed by atoms with van der Waals surface area (Å²) in [4.78, 5) is 22.5. The van der Waals surface area contributed by atoms with Crippen LogP contribution in [0, 0.1) is 0 Å². The predicted molar refractivity (Wildman–Crippen MR) is 65.7 cm³/mol. The van der Waals surface area contributed by atoms with Crippen LogP contribution in [0.3, 0.4) is 0 Å². The molecule has 0 aliphatic carbocycles. The van der Waals surface area contributed by atoms with Crippen molar-refractivity contribution in [2.45, 2.75) is 31.5 Å². The first-order chi connectivity index (χ1) is 9.74. The van der Waals surface area contributed by atoms with Crippen molar-refractivity contribution in [1.82, 2.24) is 0 Å². The molecule has 0 heterocycles. The number of aliphatic hydroxyl groups is 4. The molecule has 0 bridgehead atoms. The van der Waals surface area contributed by atoms with E-state index in [9.17, 15) is 35.1 Å². The van der Waals surface area contributed by atoms with Gasteiger partial charge < -0.3 is 35.1 Å². The SMILES string of the molecule is CCC(OC(=O)c1ccc(C(=O)[O-])cc1)(C(O)O)C(O)O. The Morgan fingerprint density at radius 1 is 1.10 bits per heavy atom. The minimum absolute atomic E-state index is 0.0980. The van der Waals surface area contributed by atoms with Gasteiger partial charge in [0.05, 0.1) is 11.5 Å². The van der Waals surface area contributed by atoms with Crippen molar-refractivity contribution in [1.29, 1.82) is 0 Å². The number of hydrogen-bond donors (Lipinski definition) is 4. The van der Waals surface area contributed by atoms with Gasteiger partial charge in [0.1, 0.15) is 0 Å². The molecule has 0 spiro atoms. The van der Waals surface area contributed by atoms with Crippen molar-refractivity contribution < 1.29 is 39.9 Å². The molecule has 0 atom stereocenters. The number of carbonyl (C=O) groups is 2. The number of aliphatic hydroxyl groups excluding tert-OH is 2. The zero-order valence-electron chi connectivity index (χ0n) is 11.1. The van der Waals surface area contributed by atoms with Gasteiger partial charge in [-0.2, -0.15) is 0 Å². The second kappa shape index (κ2) is 6.64. The van der Waals surface area contributed by atoms with Crippen LogP contribution < -0.4 is 5.11 Å². The fraction of sp³-hybridized carbons (Fsp3) is 0.385. The number of carboxylic acid groups (broad SMARTS) is 1. The minimum atomic E-state index is -2.31. The fourth-order valence-corrected chi connectivity index (χ4v) is 1.65. The molecule has 0 aliphatic rings. The van der Waals surface area contributed by atoms with Crippen LogP contribution in [-0.4, -0.2) is 50.5 Å². The second-order valence-electron chi connectivity index (χ2n) is 4.31. The van der Waals surface area contributed by atoms with Gasteiger partial charge >= 0.3 is 5.97 Å². The highest BCUT2D eigenvalue weighted by atomic mass is 16.6. The Morgan fingerprint density at radius 2 is 1.52 bits per heavy atom. The van der Waals surface area contributed by atoms with Gasteiger partial charge in [0.2, 0.25) is 5.60 Å². The van der Waals surface area contributed by atoms with E-state index in [0.717, 1.165) is 24.3 Å². The summed E-state index contributed by atoms with van der Waals surface area (Å²) in [5, 5.41) is 47.4. The topological polar surface area (TPSA) is 147 Å². The van der Waals surface area contributed by atoms with Crippen LogP contribution >= 0.6 is 0 Å². The van der Waals surface area contributed by atoms with E-state index in [0.29, 0.717) is 0 Å². The van der Waals surface area contributed by atoms with Crippen molar-refractivity contribution in [3.05, 3.63) is 35.4 Å². The van der Waals surface area contributed by atoms with E-state index < -0.39 is 30.1 Å². The fourth-order valence-electron chi connectivity index (χ4n) is 1.65. The summed E-state index contributed by atoms with van der Waals surface area (Å²) in [6.45, 7) is 1.37. The van der Waals surface area contributed by atoms with Crippen LogP contribution in [0.5, 0.6) is 0 Å². The third-order valence-electron chi connectivity index (χ3n) is 3.07. The van der Waals surface area contributed by atoms with Crippen LogP contribution in [0.1, 0.15) is 34.1 Å². The zero-order valence-corrected chi connectivity index (χ0v) is 11.1. The van der Waals surface area contributed by atoms with Crippen molar-refractivity contribution in [2.75, 3.05) is 0 Å². The molecule has 0 radical (unpaired) electrons. The Labute approximate surface area is 119 Å². The van der Waals surface area contributed by atoms with Crippen LogP contribution in [0.15, 0.2) is 24.3 Å². The lowest BCUT2D eigenvalue weighted by Gasteiger charge is -2.35.